The van der Waals surface area contributed by atoms with Gasteiger partial charge in [0, 0.05) is 24.2 Å². The molecule has 0 spiro atoms. The van der Waals surface area contributed by atoms with Gasteiger partial charge in [-0.25, -0.2) is 0 Å². The molecule has 1 aliphatic heterocycles. The number of benzene rings is 1. The third-order valence-electron chi connectivity index (χ3n) is 4.34. The molecule has 1 heterocycles. The van der Waals surface area contributed by atoms with Crippen LogP contribution in [0.2, 0.25) is 5.02 Å². The highest BCUT2D eigenvalue weighted by molar-refractivity contribution is 6.30. The van der Waals surface area contributed by atoms with Gasteiger partial charge in [0.1, 0.15) is 5.41 Å². The molecule has 4 nitrogen and oxygen atoms in total. The number of carboxylic acid groups (broad SMARTS) is 1. The summed E-state index contributed by atoms with van der Waals surface area (Å²) in [5.41, 5.74) is 0.326. The first-order valence-corrected chi connectivity index (χ1v) is 7.59. The van der Waals surface area contributed by atoms with Gasteiger partial charge in [0.05, 0.1) is 6.61 Å². The van der Waals surface area contributed by atoms with E-state index in [1.807, 2.05) is 31.3 Å². The van der Waals surface area contributed by atoms with Crippen molar-refractivity contribution >= 4 is 17.6 Å². The maximum Gasteiger partial charge on any atom is 0.313 e. The summed E-state index contributed by atoms with van der Waals surface area (Å²) in [6, 6.07) is 7.80. The molecular weight excluding hydrogens is 290 g/mol. The van der Waals surface area contributed by atoms with Gasteiger partial charge in [0.15, 0.2) is 0 Å². The number of rotatable bonds is 5. The second-order valence-electron chi connectivity index (χ2n) is 5.88. The highest BCUT2D eigenvalue weighted by atomic mass is 35.5. The van der Waals surface area contributed by atoms with E-state index in [9.17, 15) is 9.90 Å². The second-order valence-corrected chi connectivity index (χ2v) is 6.32. The Morgan fingerprint density at radius 3 is 2.67 bits per heavy atom. The SMILES string of the molecule is CC(c1ccc(Cl)cc1)N(C)CC1(C(=O)O)CCCOC1. The molecule has 0 aliphatic carbocycles. The van der Waals surface area contributed by atoms with E-state index in [1.165, 1.54) is 0 Å². The van der Waals surface area contributed by atoms with Gasteiger partial charge in [-0.1, -0.05) is 23.7 Å². The lowest BCUT2D eigenvalue weighted by Crippen LogP contribution is -2.47. The van der Waals surface area contributed by atoms with Crippen molar-refractivity contribution in [3.8, 4) is 0 Å². The Morgan fingerprint density at radius 1 is 1.48 bits per heavy atom. The van der Waals surface area contributed by atoms with Gasteiger partial charge < -0.3 is 9.84 Å². The quantitative estimate of drug-likeness (QED) is 0.907. The number of ether oxygens (including phenoxy) is 1. The number of aliphatic carboxylic acids is 1. The van der Waals surface area contributed by atoms with Crippen LogP contribution in [0.15, 0.2) is 24.3 Å². The molecule has 2 rings (SSSR count). The molecule has 0 radical (unpaired) electrons. The largest absolute Gasteiger partial charge is 0.481 e. The first-order chi connectivity index (χ1) is 9.94. The molecule has 0 bridgehead atoms. The van der Waals surface area contributed by atoms with E-state index >= 15 is 0 Å². The molecule has 1 aromatic rings. The first-order valence-electron chi connectivity index (χ1n) is 7.21. The number of hydrogen-bond acceptors (Lipinski definition) is 3. The summed E-state index contributed by atoms with van der Waals surface area (Å²) in [5, 5.41) is 10.3. The molecule has 0 saturated carbocycles. The van der Waals surface area contributed by atoms with Crippen LogP contribution in [0.3, 0.4) is 0 Å². The zero-order chi connectivity index (χ0) is 15.5. The van der Waals surface area contributed by atoms with Crippen molar-refractivity contribution in [1.29, 1.82) is 0 Å². The van der Waals surface area contributed by atoms with Crippen LogP contribution in [0.1, 0.15) is 31.4 Å². The normalized spacial score (nSPS) is 24.0. The van der Waals surface area contributed by atoms with Gasteiger partial charge >= 0.3 is 5.97 Å². The number of nitrogens with zero attached hydrogens (tertiary/aromatic N) is 1. The van der Waals surface area contributed by atoms with Crippen LogP contribution in [0.5, 0.6) is 0 Å². The van der Waals surface area contributed by atoms with E-state index < -0.39 is 11.4 Å². The van der Waals surface area contributed by atoms with Crippen molar-refractivity contribution in [2.45, 2.75) is 25.8 Å². The average molecular weight is 312 g/mol. The van der Waals surface area contributed by atoms with E-state index in [4.69, 9.17) is 16.3 Å². The molecule has 5 heteroatoms. The maximum absolute atomic E-state index is 11.7. The Bertz CT molecular complexity index is 483. The number of carboxylic acids is 1. The smallest absolute Gasteiger partial charge is 0.313 e. The first kappa shape index (κ1) is 16.3. The summed E-state index contributed by atoms with van der Waals surface area (Å²) in [6.07, 6.45) is 1.47. The third-order valence-corrected chi connectivity index (χ3v) is 4.59. The predicted octanol–water partition coefficient (Wildman–Crippen LogP) is 3.21. The van der Waals surface area contributed by atoms with Gasteiger partial charge in [0.25, 0.3) is 0 Å². The number of carbonyl (C=O) groups is 1. The van der Waals surface area contributed by atoms with E-state index in [-0.39, 0.29) is 6.04 Å². The molecule has 21 heavy (non-hydrogen) atoms. The summed E-state index contributed by atoms with van der Waals surface area (Å²) in [6.45, 7) is 3.50. The fourth-order valence-corrected chi connectivity index (χ4v) is 2.95. The Hall–Kier alpha value is -1.10. The van der Waals surface area contributed by atoms with Gasteiger partial charge in [0.2, 0.25) is 0 Å². The maximum atomic E-state index is 11.7. The van der Waals surface area contributed by atoms with Crippen molar-refractivity contribution < 1.29 is 14.6 Å². The van der Waals surface area contributed by atoms with Crippen LogP contribution in [-0.4, -0.2) is 42.8 Å². The second kappa shape index (κ2) is 6.77. The van der Waals surface area contributed by atoms with Crippen LogP contribution in [0, 0.1) is 5.41 Å². The van der Waals surface area contributed by atoms with Crippen LogP contribution in [-0.2, 0) is 9.53 Å². The fraction of sp³-hybridized carbons (Fsp3) is 0.562. The van der Waals surface area contributed by atoms with Crippen LogP contribution < -0.4 is 0 Å². The van der Waals surface area contributed by atoms with Gasteiger partial charge in [-0.3, -0.25) is 9.69 Å². The Labute approximate surface area is 130 Å². The standard InChI is InChI=1S/C16H22ClNO3/c1-12(13-4-6-14(17)7-5-13)18(2)10-16(15(19)20)8-3-9-21-11-16/h4-7,12H,3,8-11H2,1-2H3,(H,19,20). The summed E-state index contributed by atoms with van der Waals surface area (Å²) in [5.74, 6) is -0.766. The van der Waals surface area contributed by atoms with Gasteiger partial charge in [-0.15, -0.1) is 0 Å². The molecular formula is C16H22ClNO3. The lowest BCUT2D eigenvalue weighted by atomic mass is 9.81. The Morgan fingerprint density at radius 2 is 2.14 bits per heavy atom. The number of halogens is 1. The molecule has 2 unspecified atom stereocenters. The van der Waals surface area contributed by atoms with Crippen molar-refractivity contribution in [3.63, 3.8) is 0 Å². The number of hydrogen-bond donors (Lipinski definition) is 1. The Kier molecular flexibility index (Phi) is 5.25. The van der Waals surface area contributed by atoms with Crippen molar-refractivity contribution in [2.75, 3.05) is 26.8 Å². The Balaban J connectivity index is 2.09. The zero-order valence-corrected chi connectivity index (χ0v) is 13.3. The zero-order valence-electron chi connectivity index (χ0n) is 12.5. The summed E-state index contributed by atoms with van der Waals surface area (Å²) in [7, 11) is 1.96. The van der Waals surface area contributed by atoms with Crippen molar-refractivity contribution in [1.82, 2.24) is 4.90 Å². The molecule has 1 aliphatic rings. The molecule has 1 aromatic carbocycles. The van der Waals surface area contributed by atoms with Crippen molar-refractivity contribution in [3.05, 3.63) is 34.9 Å². The van der Waals surface area contributed by atoms with E-state index in [0.29, 0.717) is 31.2 Å². The van der Waals surface area contributed by atoms with Gasteiger partial charge in [-0.05, 0) is 44.5 Å². The molecule has 1 saturated heterocycles. The minimum Gasteiger partial charge on any atom is -0.481 e. The van der Waals surface area contributed by atoms with Crippen LogP contribution in [0.25, 0.3) is 0 Å². The molecule has 2 atom stereocenters. The van der Waals surface area contributed by atoms with E-state index in [1.54, 1.807) is 0 Å². The summed E-state index contributed by atoms with van der Waals surface area (Å²) < 4.78 is 5.42. The lowest BCUT2D eigenvalue weighted by Gasteiger charge is -2.38. The summed E-state index contributed by atoms with van der Waals surface area (Å²) >= 11 is 5.91. The average Bonchev–Trinajstić information content (AvgIpc) is 2.48. The predicted molar refractivity (Wildman–Crippen MR) is 82.6 cm³/mol. The summed E-state index contributed by atoms with van der Waals surface area (Å²) in [4.78, 5) is 13.8. The van der Waals surface area contributed by atoms with Gasteiger partial charge in [-0.2, -0.15) is 0 Å². The molecule has 0 amide bonds. The highest BCUT2D eigenvalue weighted by Gasteiger charge is 2.42. The van der Waals surface area contributed by atoms with E-state index in [2.05, 4.69) is 11.8 Å². The van der Waals surface area contributed by atoms with Crippen LogP contribution >= 0.6 is 11.6 Å². The lowest BCUT2D eigenvalue weighted by molar-refractivity contribution is -0.159. The van der Waals surface area contributed by atoms with Crippen LogP contribution in [0.4, 0.5) is 0 Å². The minimum atomic E-state index is -0.798. The molecule has 1 N–H and O–H groups in total. The topological polar surface area (TPSA) is 49.8 Å². The monoisotopic (exact) mass is 311 g/mol. The van der Waals surface area contributed by atoms with E-state index in [0.717, 1.165) is 12.0 Å². The molecule has 1 fully saturated rings. The third kappa shape index (κ3) is 3.76. The minimum absolute atomic E-state index is 0.125. The molecule has 0 aromatic heterocycles. The molecule has 116 valence electrons. The fourth-order valence-electron chi connectivity index (χ4n) is 2.82. The van der Waals surface area contributed by atoms with Crippen molar-refractivity contribution in [2.24, 2.45) is 5.41 Å². The highest BCUT2D eigenvalue weighted by Crippen LogP contribution is 2.32.